The number of rotatable bonds is 8. The minimum absolute atomic E-state index is 0.0385. The van der Waals surface area contributed by atoms with Crippen molar-refractivity contribution in [2.24, 2.45) is 0 Å². The van der Waals surface area contributed by atoms with Crippen LogP contribution in [0.1, 0.15) is 30.1 Å². The lowest BCUT2D eigenvalue weighted by Crippen LogP contribution is -2.22. The topological polar surface area (TPSA) is 99.3 Å². The molecule has 0 bridgehead atoms. The van der Waals surface area contributed by atoms with Crippen molar-refractivity contribution in [2.75, 3.05) is 29.5 Å². The first-order valence-electron chi connectivity index (χ1n) is 8.77. The van der Waals surface area contributed by atoms with Crippen molar-refractivity contribution < 1.29 is 14.4 Å². The first-order chi connectivity index (χ1) is 13.0. The van der Waals surface area contributed by atoms with Crippen LogP contribution < -0.4 is 21.3 Å². The van der Waals surface area contributed by atoms with Gasteiger partial charge in [-0.15, -0.1) is 0 Å². The molecule has 2 rings (SSSR count). The van der Waals surface area contributed by atoms with E-state index in [0.29, 0.717) is 23.4 Å². The monoisotopic (exact) mass is 368 g/mol. The van der Waals surface area contributed by atoms with Crippen molar-refractivity contribution in [3.8, 4) is 0 Å². The Kier molecular flexibility index (Phi) is 7.37. The number of benzene rings is 2. The Hall–Kier alpha value is -3.35. The van der Waals surface area contributed by atoms with Crippen molar-refractivity contribution in [3.63, 3.8) is 0 Å². The van der Waals surface area contributed by atoms with E-state index in [1.807, 2.05) is 13.0 Å². The minimum Gasteiger partial charge on any atom is -0.376 e. The molecule has 0 radical (unpaired) electrons. The van der Waals surface area contributed by atoms with Crippen molar-refractivity contribution in [2.45, 2.75) is 19.8 Å². The Morgan fingerprint density at radius 3 is 2.19 bits per heavy atom. The molecule has 0 fully saturated rings. The van der Waals surface area contributed by atoms with Crippen LogP contribution in [0.25, 0.3) is 0 Å². The molecule has 142 valence electrons. The Morgan fingerprint density at radius 2 is 1.48 bits per heavy atom. The summed E-state index contributed by atoms with van der Waals surface area (Å²) in [6.45, 7) is 2.00. The first kappa shape index (κ1) is 20.0. The maximum Gasteiger partial charge on any atom is 0.251 e. The molecule has 2 aromatic carbocycles. The maximum absolute atomic E-state index is 12.1. The molecule has 0 unspecified atom stereocenters. The highest BCUT2D eigenvalue weighted by molar-refractivity contribution is 5.98. The molecule has 0 saturated heterocycles. The Morgan fingerprint density at radius 1 is 0.852 bits per heavy atom. The summed E-state index contributed by atoms with van der Waals surface area (Å²) in [6.07, 6.45) is 1.25. The highest BCUT2D eigenvalue weighted by atomic mass is 16.2. The van der Waals surface area contributed by atoms with Crippen LogP contribution >= 0.6 is 0 Å². The van der Waals surface area contributed by atoms with Crippen LogP contribution in [-0.4, -0.2) is 31.3 Å². The van der Waals surface area contributed by atoms with Gasteiger partial charge in [0.05, 0.1) is 6.54 Å². The lowest BCUT2D eigenvalue weighted by Gasteiger charge is -2.10. The molecule has 7 nitrogen and oxygen atoms in total. The van der Waals surface area contributed by atoms with Crippen LogP contribution in [0.3, 0.4) is 0 Å². The summed E-state index contributed by atoms with van der Waals surface area (Å²) < 4.78 is 0. The van der Waals surface area contributed by atoms with Crippen molar-refractivity contribution in [1.82, 2.24) is 5.32 Å². The highest BCUT2D eigenvalue weighted by Gasteiger charge is 2.07. The van der Waals surface area contributed by atoms with E-state index < -0.39 is 0 Å². The van der Waals surface area contributed by atoms with Gasteiger partial charge >= 0.3 is 0 Å². The third-order valence-electron chi connectivity index (χ3n) is 3.71. The van der Waals surface area contributed by atoms with Gasteiger partial charge in [0.1, 0.15) is 0 Å². The standard InChI is InChI=1S/C20H24N4O3/c1-3-6-18(25)23-17-10-5-8-15(12-17)22-13-19(26)24-16-9-4-7-14(11-16)20(27)21-2/h4-5,7-12,22H,3,6,13H2,1-2H3,(H,21,27)(H,23,25)(H,24,26). The third-order valence-corrected chi connectivity index (χ3v) is 3.71. The van der Waals surface area contributed by atoms with Crippen LogP contribution in [0.5, 0.6) is 0 Å². The van der Waals surface area contributed by atoms with Crippen LogP contribution in [0.4, 0.5) is 17.1 Å². The highest BCUT2D eigenvalue weighted by Crippen LogP contribution is 2.16. The normalized spacial score (nSPS) is 10.0. The molecule has 0 spiro atoms. The van der Waals surface area contributed by atoms with E-state index in [4.69, 9.17) is 0 Å². The number of anilines is 3. The van der Waals surface area contributed by atoms with Gasteiger partial charge in [-0.25, -0.2) is 0 Å². The Bertz CT molecular complexity index is 820. The van der Waals surface area contributed by atoms with E-state index in [2.05, 4.69) is 21.3 Å². The minimum atomic E-state index is -0.246. The van der Waals surface area contributed by atoms with E-state index in [9.17, 15) is 14.4 Å². The van der Waals surface area contributed by atoms with Gasteiger partial charge in [-0.3, -0.25) is 14.4 Å². The molecule has 27 heavy (non-hydrogen) atoms. The van der Waals surface area contributed by atoms with E-state index in [1.54, 1.807) is 49.5 Å². The largest absolute Gasteiger partial charge is 0.376 e. The Labute approximate surface area is 158 Å². The summed E-state index contributed by atoms with van der Waals surface area (Å²) in [7, 11) is 1.55. The molecule has 3 amide bonds. The number of nitrogens with one attached hydrogen (secondary N) is 4. The first-order valence-corrected chi connectivity index (χ1v) is 8.77. The van der Waals surface area contributed by atoms with Crippen LogP contribution in [0.2, 0.25) is 0 Å². The lowest BCUT2D eigenvalue weighted by atomic mass is 10.2. The second-order valence-corrected chi connectivity index (χ2v) is 5.94. The maximum atomic E-state index is 12.1. The molecule has 0 saturated carbocycles. The summed E-state index contributed by atoms with van der Waals surface area (Å²) >= 11 is 0. The average Bonchev–Trinajstić information content (AvgIpc) is 2.66. The molecule has 0 aliphatic carbocycles. The predicted molar refractivity (Wildman–Crippen MR) is 107 cm³/mol. The van der Waals surface area contributed by atoms with Gasteiger partial charge in [0.15, 0.2) is 0 Å². The fraction of sp³-hybridized carbons (Fsp3) is 0.250. The number of amides is 3. The van der Waals surface area contributed by atoms with Gasteiger partial charge in [0, 0.05) is 36.1 Å². The predicted octanol–water partition coefficient (Wildman–Crippen LogP) is 2.84. The zero-order valence-corrected chi connectivity index (χ0v) is 15.5. The summed E-state index contributed by atoms with van der Waals surface area (Å²) in [5.41, 5.74) is 2.41. The van der Waals surface area contributed by atoms with Gasteiger partial charge in [-0.1, -0.05) is 19.1 Å². The van der Waals surface area contributed by atoms with Crippen LogP contribution in [-0.2, 0) is 9.59 Å². The summed E-state index contributed by atoms with van der Waals surface area (Å²) in [5.74, 6) is -0.501. The van der Waals surface area contributed by atoms with Crippen LogP contribution in [0, 0.1) is 0 Å². The van der Waals surface area contributed by atoms with E-state index in [1.165, 1.54) is 0 Å². The molecule has 4 N–H and O–H groups in total. The second-order valence-electron chi connectivity index (χ2n) is 5.94. The third kappa shape index (κ3) is 6.47. The number of carbonyl (C=O) groups is 3. The summed E-state index contributed by atoms with van der Waals surface area (Å²) in [4.78, 5) is 35.5. The zero-order valence-electron chi connectivity index (χ0n) is 15.5. The molecular formula is C20H24N4O3. The number of carbonyl (C=O) groups excluding carboxylic acids is 3. The van der Waals surface area contributed by atoms with Crippen molar-refractivity contribution >= 4 is 34.8 Å². The summed E-state index contributed by atoms with van der Waals surface area (Å²) in [6, 6.07) is 13.9. The van der Waals surface area contributed by atoms with Crippen LogP contribution in [0.15, 0.2) is 48.5 Å². The van der Waals surface area contributed by atoms with Gasteiger partial charge in [0.2, 0.25) is 11.8 Å². The average molecular weight is 368 g/mol. The second kappa shape index (κ2) is 9.96. The fourth-order valence-electron chi connectivity index (χ4n) is 2.43. The summed E-state index contributed by atoms with van der Waals surface area (Å²) in [5, 5.41) is 11.1. The molecule has 0 atom stereocenters. The SMILES string of the molecule is CCCC(=O)Nc1cccc(NCC(=O)Nc2cccc(C(=O)NC)c2)c1. The lowest BCUT2D eigenvalue weighted by molar-refractivity contribution is -0.116. The fourth-order valence-corrected chi connectivity index (χ4v) is 2.43. The Balaban J connectivity index is 1.90. The molecule has 2 aromatic rings. The molecule has 7 heteroatoms. The van der Waals surface area contributed by atoms with E-state index in [0.717, 1.165) is 12.1 Å². The van der Waals surface area contributed by atoms with Gasteiger partial charge in [-0.2, -0.15) is 0 Å². The number of hydrogen-bond donors (Lipinski definition) is 4. The van der Waals surface area contributed by atoms with Gasteiger partial charge < -0.3 is 21.3 Å². The van der Waals surface area contributed by atoms with Crippen molar-refractivity contribution in [1.29, 1.82) is 0 Å². The molecule has 0 aromatic heterocycles. The number of hydrogen-bond acceptors (Lipinski definition) is 4. The van der Waals surface area contributed by atoms with Crippen molar-refractivity contribution in [3.05, 3.63) is 54.1 Å². The van der Waals surface area contributed by atoms with Gasteiger partial charge in [-0.05, 0) is 42.8 Å². The molecule has 0 heterocycles. The van der Waals surface area contributed by atoms with E-state index in [-0.39, 0.29) is 24.3 Å². The molecule has 0 aliphatic heterocycles. The van der Waals surface area contributed by atoms with E-state index >= 15 is 0 Å². The quantitative estimate of drug-likeness (QED) is 0.576. The zero-order chi connectivity index (χ0) is 19.6. The van der Waals surface area contributed by atoms with Gasteiger partial charge in [0.25, 0.3) is 5.91 Å². The molecular weight excluding hydrogens is 344 g/mol. The smallest absolute Gasteiger partial charge is 0.251 e. The molecule has 0 aliphatic rings.